The first kappa shape index (κ1) is 17.8. The van der Waals surface area contributed by atoms with Crippen LogP contribution in [0.25, 0.3) is 5.69 Å². The first-order chi connectivity index (χ1) is 12.2. The third kappa shape index (κ3) is 3.64. The van der Waals surface area contributed by atoms with Crippen molar-refractivity contribution in [3.63, 3.8) is 0 Å². The number of hydrogen-bond acceptors (Lipinski definition) is 6. The predicted molar refractivity (Wildman–Crippen MR) is 78.4 cm³/mol. The van der Waals surface area contributed by atoms with Gasteiger partial charge in [-0.1, -0.05) is 0 Å². The third-order valence-electron chi connectivity index (χ3n) is 3.19. The van der Waals surface area contributed by atoms with E-state index in [0.29, 0.717) is 17.8 Å². The van der Waals surface area contributed by atoms with Crippen LogP contribution in [0.2, 0.25) is 0 Å². The van der Waals surface area contributed by atoms with Gasteiger partial charge in [0.05, 0.1) is 11.3 Å². The van der Waals surface area contributed by atoms with E-state index in [0.717, 1.165) is 0 Å². The third-order valence-corrected chi connectivity index (χ3v) is 4.43. The quantitative estimate of drug-likeness (QED) is 0.504. The molecular weight excluding hydrogens is 380 g/mol. The van der Waals surface area contributed by atoms with Gasteiger partial charge in [0.15, 0.2) is 0 Å². The lowest BCUT2D eigenvalue weighted by Gasteiger charge is -2.11. The molecule has 12 heteroatoms. The van der Waals surface area contributed by atoms with Crippen LogP contribution < -0.4 is 4.18 Å². The number of aromatic nitrogens is 4. The van der Waals surface area contributed by atoms with Gasteiger partial charge in [-0.05, 0) is 52.9 Å². The molecule has 1 aromatic heterocycles. The second kappa shape index (κ2) is 6.37. The Hall–Kier alpha value is -3.02. The summed E-state index contributed by atoms with van der Waals surface area (Å²) in [5.74, 6) is -1.73. The molecule has 2 aromatic carbocycles. The van der Waals surface area contributed by atoms with Crippen LogP contribution in [0.5, 0.6) is 5.75 Å². The molecule has 7 nitrogen and oxygen atoms in total. The fourth-order valence-electron chi connectivity index (χ4n) is 1.99. The first-order valence-corrected chi connectivity index (χ1v) is 8.22. The fraction of sp³-hybridized carbons (Fsp3) is 0.0714. The number of halogens is 4. The monoisotopic (exact) mass is 388 g/mol. The standard InChI is InChI=1S/C14H8F4N4O3S/c15-13-6-5-11(7-12(13)14(16,17)18)26(23,24)25-10-3-1-9(2-4-10)22-8-19-20-21-22/h1-8H. The zero-order valence-electron chi connectivity index (χ0n) is 12.6. The summed E-state index contributed by atoms with van der Waals surface area (Å²) < 4.78 is 81.9. The van der Waals surface area contributed by atoms with Gasteiger partial charge in [-0.25, -0.2) is 9.07 Å². The van der Waals surface area contributed by atoms with Crippen LogP contribution in [0.1, 0.15) is 5.56 Å². The van der Waals surface area contributed by atoms with Crippen molar-refractivity contribution in [1.29, 1.82) is 0 Å². The molecule has 0 saturated carbocycles. The second-order valence-electron chi connectivity index (χ2n) is 4.93. The Labute approximate surface area is 144 Å². The van der Waals surface area contributed by atoms with Crippen molar-refractivity contribution < 1.29 is 30.2 Å². The summed E-state index contributed by atoms with van der Waals surface area (Å²) in [6, 6.07) is 6.70. The average molecular weight is 388 g/mol. The molecule has 0 bridgehead atoms. The minimum atomic E-state index is -5.04. The highest BCUT2D eigenvalue weighted by molar-refractivity contribution is 7.87. The van der Waals surface area contributed by atoms with Crippen molar-refractivity contribution in [2.45, 2.75) is 11.1 Å². The van der Waals surface area contributed by atoms with E-state index in [9.17, 15) is 26.0 Å². The number of nitrogens with zero attached hydrogens (tertiary/aromatic N) is 4. The molecule has 0 saturated heterocycles. The highest BCUT2D eigenvalue weighted by Crippen LogP contribution is 2.33. The number of benzene rings is 2. The van der Waals surface area contributed by atoms with E-state index in [-0.39, 0.29) is 11.8 Å². The Morgan fingerprint density at radius 3 is 2.31 bits per heavy atom. The predicted octanol–water partition coefficient (Wildman–Crippen LogP) is 2.59. The van der Waals surface area contributed by atoms with Gasteiger partial charge in [-0.2, -0.15) is 21.6 Å². The number of alkyl halides is 3. The molecule has 0 aliphatic heterocycles. The normalized spacial score (nSPS) is 12.2. The summed E-state index contributed by atoms with van der Waals surface area (Å²) in [5.41, 5.74) is -1.20. The summed E-state index contributed by atoms with van der Waals surface area (Å²) in [5, 5.41) is 10.5. The molecule has 0 radical (unpaired) electrons. The smallest absolute Gasteiger partial charge is 0.379 e. The average Bonchev–Trinajstić information content (AvgIpc) is 3.09. The van der Waals surface area contributed by atoms with E-state index in [1.807, 2.05) is 0 Å². The molecule has 3 rings (SSSR count). The molecule has 1 heterocycles. The van der Waals surface area contributed by atoms with Gasteiger partial charge in [0.25, 0.3) is 0 Å². The van der Waals surface area contributed by atoms with Gasteiger partial charge < -0.3 is 4.18 Å². The van der Waals surface area contributed by atoms with Crippen molar-refractivity contribution in [2.24, 2.45) is 0 Å². The first-order valence-electron chi connectivity index (χ1n) is 6.81. The van der Waals surface area contributed by atoms with Crippen LogP contribution in [0.15, 0.2) is 53.7 Å². The molecule has 0 fully saturated rings. The van der Waals surface area contributed by atoms with Crippen LogP contribution >= 0.6 is 0 Å². The topological polar surface area (TPSA) is 87.0 Å². The molecular formula is C14H8F4N4O3S. The van der Waals surface area contributed by atoms with Gasteiger partial charge in [0.1, 0.15) is 22.8 Å². The Balaban J connectivity index is 1.87. The van der Waals surface area contributed by atoms with E-state index < -0.39 is 32.6 Å². The van der Waals surface area contributed by atoms with Crippen molar-refractivity contribution in [3.8, 4) is 11.4 Å². The molecule has 0 amide bonds. The molecule has 0 N–H and O–H groups in total. The summed E-state index contributed by atoms with van der Waals surface area (Å²) in [6.07, 6.45) is -3.73. The number of rotatable bonds is 4. The minimum Gasteiger partial charge on any atom is -0.379 e. The van der Waals surface area contributed by atoms with Crippen LogP contribution in [0, 0.1) is 5.82 Å². The maximum Gasteiger partial charge on any atom is 0.419 e. The van der Waals surface area contributed by atoms with E-state index in [1.54, 1.807) is 0 Å². The highest BCUT2D eigenvalue weighted by atomic mass is 32.2. The molecule has 136 valence electrons. The summed E-state index contributed by atoms with van der Waals surface area (Å²) in [7, 11) is -4.59. The Kier molecular flexibility index (Phi) is 4.36. The lowest BCUT2D eigenvalue weighted by atomic mass is 10.2. The molecule has 0 atom stereocenters. The van der Waals surface area contributed by atoms with E-state index >= 15 is 0 Å². The lowest BCUT2D eigenvalue weighted by Crippen LogP contribution is -2.14. The number of hydrogen-bond donors (Lipinski definition) is 0. The zero-order chi connectivity index (χ0) is 18.9. The van der Waals surface area contributed by atoms with Crippen LogP contribution in [-0.4, -0.2) is 28.6 Å². The van der Waals surface area contributed by atoms with Crippen molar-refractivity contribution in [1.82, 2.24) is 20.2 Å². The summed E-state index contributed by atoms with van der Waals surface area (Å²) in [6.45, 7) is 0. The van der Waals surface area contributed by atoms with Gasteiger partial charge in [-0.3, -0.25) is 0 Å². The zero-order valence-corrected chi connectivity index (χ0v) is 13.4. The Morgan fingerprint density at radius 1 is 1.04 bits per heavy atom. The van der Waals surface area contributed by atoms with Crippen molar-refractivity contribution in [3.05, 3.63) is 60.2 Å². The molecule has 0 aliphatic rings. The van der Waals surface area contributed by atoms with Crippen LogP contribution in [-0.2, 0) is 16.3 Å². The Bertz CT molecular complexity index is 1020. The van der Waals surface area contributed by atoms with E-state index in [4.69, 9.17) is 4.18 Å². The van der Waals surface area contributed by atoms with Crippen molar-refractivity contribution >= 4 is 10.1 Å². The highest BCUT2D eigenvalue weighted by Gasteiger charge is 2.35. The van der Waals surface area contributed by atoms with Gasteiger partial charge >= 0.3 is 16.3 Å². The van der Waals surface area contributed by atoms with Gasteiger partial charge in [-0.15, -0.1) is 5.10 Å². The van der Waals surface area contributed by atoms with Crippen LogP contribution in [0.4, 0.5) is 17.6 Å². The van der Waals surface area contributed by atoms with Gasteiger partial charge in [0.2, 0.25) is 0 Å². The lowest BCUT2D eigenvalue weighted by molar-refractivity contribution is -0.140. The molecule has 0 aliphatic carbocycles. The largest absolute Gasteiger partial charge is 0.419 e. The minimum absolute atomic E-state index is 0.153. The number of tetrazole rings is 1. The summed E-state index contributed by atoms with van der Waals surface area (Å²) in [4.78, 5) is -0.823. The fourth-order valence-corrected chi connectivity index (χ4v) is 2.94. The van der Waals surface area contributed by atoms with E-state index in [1.165, 1.54) is 35.3 Å². The molecule has 3 aromatic rings. The summed E-state index contributed by atoms with van der Waals surface area (Å²) >= 11 is 0. The maximum absolute atomic E-state index is 13.3. The Morgan fingerprint density at radius 2 is 1.73 bits per heavy atom. The van der Waals surface area contributed by atoms with Crippen LogP contribution in [0.3, 0.4) is 0 Å². The van der Waals surface area contributed by atoms with Gasteiger partial charge in [0, 0.05) is 0 Å². The molecule has 26 heavy (non-hydrogen) atoms. The maximum atomic E-state index is 13.3. The van der Waals surface area contributed by atoms with Crippen molar-refractivity contribution in [2.75, 3.05) is 0 Å². The molecule has 0 spiro atoms. The van der Waals surface area contributed by atoms with E-state index in [2.05, 4.69) is 15.5 Å². The second-order valence-corrected chi connectivity index (χ2v) is 6.47. The molecule has 0 unspecified atom stereocenters. The SMILES string of the molecule is O=S(=O)(Oc1ccc(-n2cnnn2)cc1)c1ccc(F)c(C(F)(F)F)c1.